The summed E-state index contributed by atoms with van der Waals surface area (Å²) in [5.41, 5.74) is 5.58. The summed E-state index contributed by atoms with van der Waals surface area (Å²) < 4.78 is 11.4. The van der Waals surface area contributed by atoms with Crippen LogP contribution in [0.1, 0.15) is 41.5 Å². The second kappa shape index (κ2) is 5.43. The highest BCUT2D eigenvalue weighted by Crippen LogP contribution is 2.61. The van der Waals surface area contributed by atoms with Crippen LogP contribution in [0.15, 0.2) is 0 Å². The van der Waals surface area contributed by atoms with E-state index in [1.165, 1.54) is 0 Å². The van der Waals surface area contributed by atoms with Gasteiger partial charge in [-0.05, 0) is 51.5 Å². The van der Waals surface area contributed by atoms with Gasteiger partial charge in [0, 0.05) is 6.54 Å². The zero-order chi connectivity index (χ0) is 16.0. The van der Waals surface area contributed by atoms with Gasteiger partial charge in [-0.1, -0.05) is 13.8 Å². The minimum atomic E-state index is -0.477. The number of nitrogens with zero attached hydrogens (tertiary/aromatic N) is 1. The molecule has 1 saturated heterocycles. The van der Waals surface area contributed by atoms with Crippen LogP contribution in [-0.4, -0.2) is 48.4 Å². The summed E-state index contributed by atoms with van der Waals surface area (Å²) in [7, 11) is 0. The molecule has 0 aromatic rings. The molecule has 21 heavy (non-hydrogen) atoms. The summed E-state index contributed by atoms with van der Waals surface area (Å²) in [6.45, 7) is 14.0. The summed E-state index contributed by atoms with van der Waals surface area (Å²) in [6, 6.07) is 0.0529. The number of carbonyl (C=O) groups excluding carboxylic acids is 1. The molecular formula is C16H30N2O3. The predicted octanol–water partition coefficient (Wildman–Crippen LogP) is 2.24. The summed E-state index contributed by atoms with van der Waals surface area (Å²) in [5, 5.41) is 0. The van der Waals surface area contributed by atoms with Crippen LogP contribution in [0.2, 0.25) is 0 Å². The molecule has 122 valence electrons. The monoisotopic (exact) mass is 298 g/mol. The maximum atomic E-state index is 12.5. The van der Waals surface area contributed by atoms with Gasteiger partial charge in [-0.25, -0.2) is 4.79 Å². The molecule has 5 nitrogen and oxygen atoms in total. The van der Waals surface area contributed by atoms with Gasteiger partial charge >= 0.3 is 6.09 Å². The molecule has 1 aliphatic carbocycles. The fraction of sp³-hybridized carbons (Fsp3) is 0.938. The van der Waals surface area contributed by atoms with Crippen molar-refractivity contribution in [2.24, 2.45) is 23.0 Å². The lowest BCUT2D eigenvalue weighted by atomic mass is 9.97. The van der Waals surface area contributed by atoms with E-state index in [9.17, 15) is 4.79 Å². The normalized spacial score (nSPS) is 35.5. The Kier molecular flexibility index (Phi) is 4.28. The fourth-order valence-corrected chi connectivity index (χ4v) is 3.77. The van der Waals surface area contributed by atoms with Gasteiger partial charge in [-0.3, -0.25) is 4.90 Å². The molecule has 0 spiro atoms. The molecule has 1 saturated carbocycles. The van der Waals surface area contributed by atoms with E-state index in [-0.39, 0.29) is 23.7 Å². The first kappa shape index (κ1) is 16.6. The first-order valence-electron chi connectivity index (χ1n) is 7.91. The lowest BCUT2D eigenvalue weighted by Gasteiger charge is -2.41. The Labute approximate surface area is 128 Å². The first-order chi connectivity index (χ1) is 9.59. The molecule has 0 aromatic heterocycles. The maximum Gasteiger partial charge on any atom is 0.410 e. The Morgan fingerprint density at radius 1 is 1.43 bits per heavy atom. The van der Waals surface area contributed by atoms with Crippen LogP contribution in [-0.2, 0) is 9.47 Å². The SMILES string of the molecule is C[C@H]1OCCN(C(=O)OC(C)(C)C)C1[C@H]1[C@H](CN)C1(C)C. The van der Waals surface area contributed by atoms with Crippen molar-refractivity contribution in [3.63, 3.8) is 0 Å². The molecular weight excluding hydrogens is 268 g/mol. The van der Waals surface area contributed by atoms with E-state index in [0.717, 1.165) is 0 Å². The van der Waals surface area contributed by atoms with Crippen LogP contribution in [0, 0.1) is 17.3 Å². The molecule has 2 rings (SSSR count). The number of morpholine rings is 1. The van der Waals surface area contributed by atoms with Crippen molar-refractivity contribution in [2.45, 2.75) is 59.3 Å². The molecule has 1 amide bonds. The van der Waals surface area contributed by atoms with E-state index in [2.05, 4.69) is 13.8 Å². The topological polar surface area (TPSA) is 64.8 Å². The molecule has 4 atom stereocenters. The number of hydrogen-bond donors (Lipinski definition) is 1. The zero-order valence-corrected chi connectivity index (χ0v) is 14.2. The Hall–Kier alpha value is -0.810. The van der Waals surface area contributed by atoms with Crippen molar-refractivity contribution >= 4 is 6.09 Å². The van der Waals surface area contributed by atoms with E-state index in [0.29, 0.717) is 31.5 Å². The fourth-order valence-electron chi connectivity index (χ4n) is 3.77. The minimum Gasteiger partial charge on any atom is -0.444 e. The third-order valence-corrected chi connectivity index (χ3v) is 4.94. The predicted molar refractivity (Wildman–Crippen MR) is 82.0 cm³/mol. The largest absolute Gasteiger partial charge is 0.444 e. The van der Waals surface area contributed by atoms with E-state index in [1.54, 1.807) is 0 Å². The van der Waals surface area contributed by atoms with Crippen LogP contribution >= 0.6 is 0 Å². The van der Waals surface area contributed by atoms with E-state index < -0.39 is 5.60 Å². The van der Waals surface area contributed by atoms with E-state index in [1.807, 2.05) is 32.6 Å². The average Bonchev–Trinajstić information content (AvgIpc) is 2.88. The molecule has 1 unspecified atom stereocenters. The highest BCUT2D eigenvalue weighted by atomic mass is 16.6. The van der Waals surface area contributed by atoms with Crippen molar-refractivity contribution in [1.82, 2.24) is 4.90 Å². The lowest BCUT2D eigenvalue weighted by Crippen LogP contribution is -2.55. The molecule has 2 fully saturated rings. The van der Waals surface area contributed by atoms with Crippen LogP contribution in [0.4, 0.5) is 4.79 Å². The third-order valence-electron chi connectivity index (χ3n) is 4.94. The maximum absolute atomic E-state index is 12.5. The van der Waals surface area contributed by atoms with Gasteiger partial charge in [0.15, 0.2) is 0 Å². The minimum absolute atomic E-state index is 0.0205. The standard InChI is InChI=1S/C16H30N2O3/c1-10-13(12-11(9-17)16(12,5)6)18(7-8-20-10)14(19)21-15(2,3)4/h10-13H,7-9,17H2,1-6H3/t10-,11+,12-,13?/m1/s1. The van der Waals surface area contributed by atoms with Gasteiger partial charge < -0.3 is 15.2 Å². The van der Waals surface area contributed by atoms with Crippen LogP contribution in [0.5, 0.6) is 0 Å². The molecule has 1 heterocycles. The summed E-state index contributed by atoms with van der Waals surface area (Å²) in [5.74, 6) is 0.821. The summed E-state index contributed by atoms with van der Waals surface area (Å²) in [6.07, 6.45) is -0.215. The molecule has 5 heteroatoms. The van der Waals surface area contributed by atoms with Crippen LogP contribution < -0.4 is 5.73 Å². The van der Waals surface area contributed by atoms with E-state index >= 15 is 0 Å². The number of carbonyl (C=O) groups is 1. The van der Waals surface area contributed by atoms with Gasteiger partial charge in [0.2, 0.25) is 0 Å². The second-order valence-corrected chi connectivity index (χ2v) is 7.93. The molecule has 0 radical (unpaired) electrons. The van der Waals surface area contributed by atoms with Crippen molar-refractivity contribution in [3.05, 3.63) is 0 Å². The Morgan fingerprint density at radius 2 is 2.05 bits per heavy atom. The number of rotatable bonds is 2. The van der Waals surface area contributed by atoms with Gasteiger partial charge in [-0.15, -0.1) is 0 Å². The highest BCUT2D eigenvalue weighted by Gasteiger charge is 2.63. The molecule has 2 N–H and O–H groups in total. The molecule has 0 aromatic carbocycles. The van der Waals surface area contributed by atoms with Crippen LogP contribution in [0.3, 0.4) is 0 Å². The van der Waals surface area contributed by atoms with E-state index in [4.69, 9.17) is 15.2 Å². The first-order valence-corrected chi connectivity index (χ1v) is 7.91. The number of ether oxygens (including phenoxy) is 2. The number of amides is 1. The highest BCUT2D eigenvalue weighted by molar-refractivity contribution is 5.69. The smallest absolute Gasteiger partial charge is 0.410 e. The van der Waals surface area contributed by atoms with Gasteiger partial charge in [0.1, 0.15) is 5.60 Å². The molecule has 0 bridgehead atoms. The molecule has 2 aliphatic rings. The number of nitrogens with two attached hydrogens (primary N) is 1. The zero-order valence-electron chi connectivity index (χ0n) is 14.2. The van der Waals surface area contributed by atoms with Crippen molar-refractivity contribution < 1.29 is 14.3 Å². The third kappa shape index (κ3) is 3.19. The van der Waals surface area contributed by atoms with Gasteiger partial charge in [-0.2, -0.15) is 0 Å². The van der Waals surface area contributed by atoms with Gasteiger partial charge in [0.25, 0.3) is 0 Å². The van der Waals surface area contributed by atoms with Crippen molar-refractivity contribution in [1.29, 1.82) is 0 Å². The summed E-state index contributed by atoms with van der Waals surface area (Å²) in [4.78, 5) is 14.4. The van der Waals surface area contributed by atoms with Crippen LogP contribution in [0.25, 0.3) is 0 Å². The Balaban J connectivity index is 2.17. The van der Waals surface area contributed by atoms with Crippen molar-refractivity contribution in [2.75, 3.05) is 19.7 Å². The Morgan fingerprint density at radius 3 is 2.52 bits per heavy atom. The van der Waals surface area contributed by atoms with Crippen molar-refractivity contribution in [3.8, 4) is 0 Å². The lowest BCUT2D eigenvalue weighted by molar-refractivity contribution is -0.0779. The quantitative estimate of drug-likeness (QED) is 0.849. The average molecular weight is 298 g/mol. The molecule has 1 aliphatic heterocycles. The number of hydrogen-bond acceptors (Lipinski definition) is 4. The summed E-state index contributed by atoms with van der Waals surface area (Å²) >= 11 is 0. The second-order valence-electron chi connectivity index (χ2n) is 7.93. The Bertz CT molecular complexity index is 403. The van der Waals surface area contributed by atoms with Gasteiger partial charge in [0.05, 0.1) is 18.8 Å².